The molecule has 1 aliphatic rings. The van der Waals surface area contributed by atoms with Gasteiger partial charge in [-0.25, -0.2) is 4.98 Å². The first-order chi connectivity index (χ1) is 12.1. The zero-order chi connectivity index (χ0) is 17.4. The molecule has 2 heterocycles. The van der Waals surface area contributed by atoms with Crippen molar-refractivity contribution in [2.24, 2.45) is 11.7 Å². The van der Waals surface area contributed by atoms with Crippen LogP contribution in [0.2, 0.25) is 0 Å². The highest BCUT2D eigenvalue weighted by atomic mass is 32.1. The zero-order valence-corrected chi connectivity index (χ0v) is 14.2. The molecule has 0 saturated heterocycles. The van der Waals surface area contributed by atoms with E-state index in [9.17, 15) is 9.59 Å². The maximum absolute atomic E-state index is 12.8. The van der Waals surface area contributed by atoms with Crippen molar-refractivity contribution in [1.29, 1.82) is 0 Å². The summed E-state index contributed by atoms with van der Waals surface area (Å²) >= 11 is 1.30. The Balaban J connectivity index is 1.85. The molecule has 0 unspecified atom stereocenters. The number of furan rings is 1. The molecule has 0 spiro atoms. The zero-order valence-electron chi connectivity index (χ0n) is 13.4. The Morgan fingerprint density at radius 3 is 2.60 bits per heavy atom. The molecule has 3 aromatic rings. The number of benzene rings is 1. The molecule has 0 atom stereocenters. The second kappa shape index (κ2) is 6.29. The summed E-state index contributed by atoms with van der Waals surface area (Å²) in [6.07, 6.45) is 4.48. The van der Waals surface area contributed by atoms with Crippen molar-refractivity contribution >= 4 is 23.0 Å². The average Bonchev–Trinajstić information content (AvgIpc) is 3.22. The molecule has 2 N–H and O–H groups in total. The van der Waals surface area contributed by atoms with Crippen LogP contribution in [-0.2, 0) is 0 Å². The van der Waals surface area contributed by atoms with E-state index in [1.165, 1.54) is 11.3 Å². The van der Waals surface area contributed by atoms with Crippen LogP contribution in [0.4, 0.5) is 0 Å². The van der Waals surface area contributed by atoms with E-state index in [2.05, 4.69) is 4.98 Å². The van der Waals surface area contributed by atoms with Gasteiger partial charge in [0.1, 0.15) is 15.6 Å². The summed E-state index contributed by atoms with van der Waals surface area (Å²) in [4.78, 5) is 29.8. The highest BCUT2D eigenvalue weighted by molar-refractivity contribution is 7.17. The van der Waals surface area contributed by atoms with Crippen LogP contribution in [0, 0.1) is 5.92 Å². The number of carbonyl (C=O) groups is 2. The number of nitrogens with two attached hydrogens (primary N) is 1. The van der Waals surface area contributed by atoms with Crippen LogP contribution in [0.25, 0.3) is 22.0 Å². The minimum absolute atomic E-state index is 0.0633. The minimum atomic E-state index is -0.516. The molecular formula is C19H16N2O3S. The highest BCUT2D eigenvalue weighted by Crippen LogP contribution is 2.39. The number of hydrogen-bond acceptors (Lipinski definition) is 5. The molecule has 2 aromatic heterocycles. The van der Waals surface area contributed by atoms with E-state index in [1.807, 2.05) is 6.07 Å². The number of nitrogens with zero attached hydrogens (tertiary/aromatic N) is 1. The van der Waals surface area contributed by atoms with E-state index in [-0.39, 0.29) is 11.7 Å². The van der Waals surface area contributed by atoms with Crippen LogP contribution in [0.5, 0.6) is 0 Å². The van der Waals surface area contributed by atoms with Gasteiger partial charge in [-0.15, -0.1) is 11.3 Å². The lowest BCUT2D eigenvalue weighted by molar-refractivity contribution is 0.0859. The fraction of sp³-hybridized carbons (Fsp3) is 0.211. The summed E-state index contributed by atoms with van der Waals surface area (Å²) in [7, 11) is 0. The predicted molar refractivity (Wildman–Crippen MR) is 95.4 cm³/mol. The topological polar surface area (TPSA) is 86.2 Å². The van der Waals surface area contributed by atoms with E-state index < -0.39 is 5.91 Å². The van der Waals surface area contributed by atoms with E-state index in [0.29, 0.717) is 32.5 Å². The molecule has 1 fully saturated rings. The molecule has 25 heavy (non-hydrogen) atoms. The number of ketones is 1. The number of carbonyl (C=O) groups excluding carboxylic acids is 2. The molecule has 4 rings (SSSR count). The summed E-state index contributed by atoms with van der Waals surface area (Å²) in [5, 5.41) is 0.600. The second-order valence-corrected chi connectivity index (χ2v) is 7.08. The number of hydrogen-bond donors (Lipinski definition) is 1. The fourth-order valence-electron chi connectivity index (χ4n) is 2.92. The Hall–Kier alpha value is -2.73. The van der Waals surface area contributed by atoms with E-state index in [0.717, 1.165) is 19.3 Å². The van der Waals surface area contributed by atoms with Gasteiger partial charge in [-0.3, -0.25) is 9.59 Å². The van der Waals surface area contributed by atoms with Crippen LogP contribution in [0.15, 0.2) is 47.1 Å². The summed E-state index contributed by atoms with van der Waals surface area (Å²) in [6, 6.07) is 10.6. The maximum Gasteiger partial charge on any atom is 0.249 e. The number of Topliss-reactive ketones (excluding diaryl/α,β-unsaturated/α-hetero) is 1. The SMILES string of the molecule is NC(=O)c1ccccc1-c1nc(-c2ccco2)c(C(=O)C2CCC2)s1. The Kier molecular flexibility index (Phi) is 3.97. The standard InChI is InChI=1S/C19H16N2O3S/c20-18(23)12-7-1-2-8-13(12)19-21-15(14-9-4-10-24-14)17(25-19)16(22)11-5-3-6-11/h1-2,4,7-11H,3,5-6H2,(H2,20,23). The Morgan fingerprint density at radius 2 is 1.96 bits per heavy atom. The molecule has 6 heteroatoms. The first kappa shape index (κ1) is 15.8. The maximum atomic E-state index is 12.8. The summed E-state index contributed by atoms with van der Waals surface area (Å²) in [5.41, 5.74) is 7.06. The lowest BCUT2D eigenvalue weighted by atomic mass is 9.81. The third kappa shape index (κ3) is 2.78. The summed E-state index contributed by atoms with van der Waals surface area (Å²) in [5.74, 6) is 0.213. The molecule has 0 bridgehead atoms. The Bertz CT molecular complexity index is 939. The minimum Gasteiger partial charge on any atom is -0.463 e. The molecule has 1 amide bonds. The number of thiazole rings is 1. The van der Waals surface area contributed by atoms with Gasteiger partial charge in [-0.05, 0) is 31.0 Å². The Morgan fingerprint density at radius 1 is 1.16 bits per heavy atom. The fourth-order valence-corrected chi connectivity index (χ4v) is 4.05. The quantitative estimate of drug-likeness (QED) is 0.699. The first-order valence-electron chi connectivity index (χ1n) is 8.13. The monoisotopic (exact) mass is 352 g/mol. The van der Waals surface area contributed by atoms with Crippen molar-refractivity contribution in [2.45, 2.75) is 19.3 Å². The normalized spacial score (nSPS) is 14.2. The van der Waals surface area contributed by atoms with Gasteiger partial charge < -0.3 is 10.2 Å². The molecule has 0 aliphatic heterocycles. The average molecular weight is 352 g/mol. The molecule has 126 valence electrons. The molecule has 5 nitrogen and oxygen atoms in total. The number of amides is 1. The van der Waals surface area contributed by atoms with Gasteiger partial charge in [0.05, 0.1) is 6.26 Å². The number of aromatic nitrogens is 1. The van der Waals surface area contributed by atoms with Crippen LogP contribution in [0.3, 0.4) is 0 Å². The van der Waals surface area contributed by atoms with Gasteiger partial charge in [0.15, 0.2) is 11.5 Å². The van der Waals surface area contributed by atoms with E-state index in [4.69, 9.17) is 10.2 Å². The lowest BCUT2D eigenvalue weighted by Crippen LogP contribution is -2.21. The summed E-state index contributed by atoms with van der Waals surface area (Å²) < 4.78 is 5.47. The third-order valence-corrected chi connectivity index (χ3v) is 5.61. The van der Waals surface area contributed by atoms with Crippen LogP contribution < -0.4 is 5.73 Å². The van der Waals surface area contributed by atoms with Crippen molar-refractivity contribution in [3.8, 4) is 22.0 Å². The highest BCUT2D eigenvalue weighted by Gasteiger charge is 2.31. The van der Waals surface area contributed by atoms with Gasteiger partial charge in [-0.1, -0.05) is 24.6 Å². The smallest absolute Gasteiger partial charge is 0.249 e. The van der Waals surface area contributed by atoms with Gasteiger partial charge >= 0.3 is 0 Å². The van der Waals surface area contributed by atoms with Crippen molar-refractivity contribution in [3.63, 3.8) is 0 Å². The van der Waals surface area contributed by atoms with Crippen molar-refractivity contribution in [3.05, 3.63) is 53.1 Å². The second-order valence-electron chi connectivity index (χ2n) is 6.08. The van der Waals surface area contributed by atoms with Gasteiger partial charge in [0.25, 0.3) is 0 Å². The largest absolute Gasteiger partial charge is 0.463 e. The third-order valence-electron chi connectivity index (χ3n) is 4.50. The van der Waals surface area contributed by atoms with Crippen molar-refractivity contribution < 1.29 is 14.0 Å². The molecule has 0 radical (unpaired) electrons. The number of rotatable bonds is 5. The lowest BCUT2D eigenvalue weighted by Gasteiger charge is -2.23. The summed E-state index contributed by atoms with van der Waals surface area (Å²) in [6.45, 7) is 0. The first-order valence-corrected chi connectivity index (χ1v) is 8.95. The molecule has 1 aromatic carbocycles. The Labute approximate surface area is 148 Å². The van der Waals surface area contributed by atoms with Gasteiger partial charge in [0.2, 0.25) is 5.91 Å². The molecular weight excluding hydrogens is 336 g/mol. The predicted octanol–water partition coefficient (Wildman–Crippen LogP) is 4.15. The van der Waals surface area contributed by atoms with Crippen LogP contribution >= 0.6 is 11.3 Å². The van der Waals surface area contributed by atoms with E-state index in [1.54, 1.807) is 36.6 Å². The van der Waals surface area contributed by atoms with Crippen LogP contribution in [-0.4, -0.2) is 16.7 Å². The van der Waals surface area contributed by atoms with Gasteiger partial charge in [-0.2, -0.15) is 0 Å². The van der Waals surface area contributed by atoms with E-state index >= 15 is 0 Å². The van der Waals surface area contributed by atoms with Gasteiger partial charge in [0, 0.05) is 17.0 Å². The molecule has 1 saturated carbocycles. The number of primary amides is 1. The van der Waals surface area contributed by atoms with Crippen molar-refractivity contribution in [2.75, 3.05) is 0 Å². The van der Waals surface area contributed by atoms with Crippen LogP contribution in [0.1, 0.15) is 39.3 Å². The van der Waals surface area contributed by atoms with Crippen molar-refractivity contribution in [1.82, 2.24) is 4.98 Å². The molecule has 1 aliphatic carbocycles.